The zero-order valence-electron chi connectivity index (χ0n) is 11.1. The summed E-state index contributed by atoms with van der Waals surface area (Å²) in [4.78, 5) is 4.36. The van der Waals surface area contributed by atoms with Crippen molar-refractivity contribution in [3.05, 3.63) is 58.7 Å². The van der Waals surface area contributed by atoms with E-state index in [1.165, 1.54) is 0 Å². The maximum atomic E-state index is 6.17. The van der Waals surface area contributed by atoms with E-state index in [-0.39, 0.29) is 6.04 Å². The van der Waals surface area contributed by atoms with Crippen molar-refractivity contribution < 1.29 is 4.74 Å². The highest BCUT2D eigenvalue weighted by Crippen LogP contribution is 2.22. The quantitative estimate of drug-likeness (QED) is 0.906. The topological polar surface area (TPSA) is 34.1 Å². The predicted molar refractivity (Wildman–Crippen MR) is 77.5 cm³/mol. The van der Waals surface area contributed by atoms with Crippen molar-refractivity contribution in [2.75, 3.05) is 7.11 Å². The molecule has 3 nitrogen and oxygen atoms in total. The van der Waals surface area contributed by atoms with Crippen molar-refractivity contribution in [1.82, 2.24) is 10.3 Å². The Morgan fingerprint density at radius 1 is 1.21 bits per heavy atom. The van der Waals surface area contributed by atoms with E-state index in [1.54, 1.807) is 7.11 Å². The van der Waals surface area contributed by atoms with Gasteiger partial charge in [-0.05, 0) is 24.6 Å². The lowest BCUT2D eigenvalue weighted by atomic mass is 10.1. The van der Waals surface area contributed by atoms with Gasteiger partial charge in [-0.2, -0.15) is 0 Å². The molecule has 1 aromatic heterocycles. The summed E-state index contributed by atoms with van der Waals surface area (Å²) < 4.78 is 5.11. The Labute approximate surface area is 118 Å². The van der Waals surface area contributed by atoms with E-state index >= 15 is 0 Å². The standard InChI is InChI=1S/C15H17ClN2O/c1-11(13-7-3-4-8-14(13)16)17-10-12-6-5-9-15(18-12)19-2/h3-9,11,17H,10H2,1-2H3/t11-/m0/s1. The fourth-order valence-electron chi connectivity index (χ4n) is 1.86. The molecule has 0 unspecified atom stereocenters. The van der Waals surface area contributed by atoms with E-state index in [1.807, 2.05) is 42.5 Å². The number of pyridine rings is 1. The number of rotatable bonds is 5. The molecule has 2 rings (SSSR count). The minimum atomic E-state index is 0.168. The number of benzene rings is 1. The smallest absolute Gasteiger partial charge is 0.213 e. The van der Waals surface area contributed by atoms with Crippen molar-refractivity contribution in [3.63, 3.8) is 0 Å². The lowest BCUT2D eigenvalue weighted by Gasteiger charge is -2.15. The third-order valence-electron chi connectivity index (χ3n) is 2.95. The van der Waals surface area contributed by atoms with Crippen LogP contribution in [0, 0.1) is 0 Å². The van der Waals surface area contributed by atoms with Crippen LogP contribution in [0.25, 0.3) is 0 Å². The average molecular weight is 277 g/mol. The van der Waals surface area contributed by atoms with Gasteiger partial charge in [-0.1, -0.05) is 35.9 Å². The van der Waals surface area contributed by atoms with E-state index in [2.05, 4.69) is 17.2 Å². The second-order valence-electron chi connectivity index (χ2n) is 4.30. The fourth-order valence-corrected chi connectivity index (χ4v) is 2.16. The van der Waals surface area contributed by atoms with Crippen molar-refractivity contribution >= 4 is 11.6 Å². The molecule has 0 amide bonds. The Kier molecular flexibility index (Phi) is 4.77. The molecule has 100 valence electrons. The van der Waals surface area contributed by atoms with Crippen LogP contribution >= 0.6 is 11.6 Å². The molecule has 1 heterocycles. The lowest BCUT2D eigenvalue weighted by molar-refractivity contribution is 0.395. The van der Waals surface area contributed by atoms with Crippen LogP contribution in [0.4, 0.5) is 0 Å². The summed E-state index contributed by atoms with van der Waals surface area (Å²) >= 11 is 6.17. The maximum Gasteiger partial charge on any atom is 0.213 e. The number of aromatic nitrogens is 1. The molecule has 0 saturated carbocycles. The summed E-state index contributed by atoms with van der Waals surface area (Å²) in [6.07, 6.45) is 0. The van der Waals surface area contributed by atoms with E-state index in [9.17, 15) is 0 Å². The number of methoxy groups -OCH3 is 1. The Morgan fingerprint density at radius 2 is 2.00 bits per heavy atom. The minimum absolute atomic E-state index is 0.168. The van der Waals surface area contributed by atoms with Crippen LogP contribution in [0.1, 0.15) is 24.2 Å². The lowest BCUT2D eigenvalue weighted by Crippen LogP contribution is -2.19. The average Bonchev–Trinajstić information content (AvgIpc) is 2.45. The van der Waals surface area contributed by atoms with Gasteiger partial charge in [0.1, 0.15) is 0 Å². The first-order valence-electron chi connectivity index (χ1n) is 6.18. The van der Waals surface area contributed by atoms with Crippen molar-refractivity contribution in [2.45, 2.75) is 19.5 Å². The molecule has 0 bridgehead atoms. The molecule has 0 saturated heterocycles. The molecule has 0 aliphatic carbocycles. The molecule has 1 atom stereocenters. The van der Waals surface area contributed by atoms with Crippen LogP contribution in [0.3, 0.4) is 0 Å². The number of hydrogen-bond donors (Lipinski definition) is 1. The van der Waals surface area contributed by atoms with Gasteiger partial charge in [-0.3, -0.25) is 0 Å². The molecule has 0 spiro atoms. The van der Waals surface area contributed by atoms with Gasteiger partial charge in [0.25, 0.3) is 0 Å². The van der Waals surface area contributed by atoms with E-state index in [0.717, 1.165) is 16.3 Å². The van der Waals surface area contributed by atoms with Gasteiger partial charge in [0, 0.05) is 23.7 Å². The summed E-state index contributed by atoms with van der Waals surface area (Å²) in [7, 11) is 1.62. The summed E-state index contributed by atoms with van der Waals surface area (Å²) in [5.74, 6) is 0.629. The zero-order chi connectivity index (χ0) is 13.7. The molecule has 19 heavy (non-hydrogen) atoms. The Morgan fingerprint density at radius 3 is 2.74 bits per heavy atom. The van der Waals surface area contributed by atoms with Gasteiger partial charge in [0.05, 0.1) is 12.8 Å². The van der Waals surface area contributed by atoms with Gasteiger partial charge in [-0.15, -0.1) is 0 Å². The van der Waals surface area contributed by atoms with Crippen LogP contribution in [0.5, 0.6) is 5.88 Å². The first-order valence-corrected chi connectivity index (χ1v) is 6.56. The molecular formula is C15H17ClN2O. The Balaban J connectivity index is 2.00. The number of nitrogens with one attached hydrogen (secondary N) is 1. The SMILES string of the molecule is COc1cccc(CN[C@@H](C)c2ccccc2Cl)n1. The van der Waals surface area contributed by atoms with Crippen molar-refractivity contribution in [2.24, 2.45) is 0 Å². The van der Waals surface area contributed by atoms with Crippen LogP contribution in [0.2, 0.25) is 5.02 Å². The molecular weight excluding hydrogens is 260 g/mol. The van der Waals surface area contributed by atoms with E-state index < -0.39 is 0 Å². The molecule has 0 aliphatic rings. The van der Waals surface area contributed by atoms with E-state index in [0.29, 0.717) is 12.4 Å². The second-order valence-corrected chi connectivity index (χ2v) is 4.70. The number of hydrogen-bond acceptors (Lipinski definition) is 3. The number of halogens is 1. The second kappa shape index (κ2) is 6.55. The van der Waals surface area contributed by atoms with Gasteiger partial charge >= 0.3 is 0 Å². The van der Waals surface area contributed by atoms with Crippen LogP contribution < -0.4 is 10.1 Å². The van der Waals surface area contributed by atoms with Crippen molar-refractivity contribution in [3.8, 4) is 5.88 Å². The predicted octanol–water partition coefficient (Wildman–Crippen LogP) is 3.59. The Bertz CT molecular complexity index is 545. The van der Waals surface area contributed by atoms with Crippen molar-refractivity contribution in [1.29, 1.82) is 0 Å². The molecule has 1 N–H and O–H groups in total. The number of nitrogens with zero attached hydrogens (tertiary/aromatic N) is 1. The fraction of sp³-hybridized carbons (Fsp3) is 0.267. The summed E-state index contributed by atoms with van der Waals surface area (Å²) in [5, 5.41) is 4.18. The molecule has 4 heteroatoms. The molecule has 0 fully saturated rings. The monoisotopic (exact) mass is 276 g/mol. The summed E-state index contributed by atoms with van der Waals surface area (Å²) in [6, 6.07) is 13.8. The third-order valence-corrected chi connectivity index (χ3v) is 3.30. The Hall–Kier alpha value is -1.58. The normalized spacial score (nSPS) is 12.2. The van der Waals surface area contributed by atoms with Crippen LogP contribution in [0.15, 0.2) is 42.5 Å². The third kappa shape index (κ3) is 3.69. The highest BCUT2D eigenvalue weighted by atomic mass is 35.5. The highest BCUT2D eigenvalue weighted by molar-refractivity contribution is 6.31. The highest BCUT2D eigenvalue weighted by Gasteiger charge is 2.08. The van der Waals surface area contributed by atoms with Gasteiger partial charge in [-0.25, -0.2) is 4.98 Å². The maximum absolute atomic E-state index is 6.17. The van der Waals surface area contributed by atoms with Gasteiger partial charge in [0.2, 0.25) is 5.88 Å². The molecule has 0 radical (unpaired) electrons. The van der Waals surface area contributed by atoms with Gasteiger partial charge < -0.3 is 10.1 Å². The molecule has 0 aliphatic heterocycles. The van der Waals surface area contributed by atoms with Gasteiger partial charge in [0.15, 0.2) is 0 Å². The first-order chi connectivity index (χ1) is 9.20. The van der Waals surface area contributed by atoms with Crippen LogP contribution in [-0.2, 0) is 6.54 Å². The molecule has 2 aromatic rings. The largest absolute Gasteiger partial charge is 0.481 e. The molecule has 1 aromatic carbocycles. The summed E-state index contributed by atoms with van der Waals surface area (Å²) in [5.41, 5.74) is 2.03. The zero-order valence-corrected chi connectivity index (χ0v) is 11.8. The minimum Gasteiger partial charge on any atom is -0.481 e. The van der Waals surface area contributed by atoms with Crippen LogP contribution in [-0.4, -0.2) is 12.1 Å². The van der Waals surface area contributed by atoms with E-state index in [4.69, 9.17) is 16.3 Å². The number of ether oxygens (including phenoxy) is 1. The first kappa shape index (κ1) is 13.8. The summed E-state index contributed by atoms with van der Waals surface area (Å²) in [6.45, 7) is 2.75.